The smallest absolute Gasteiger partial charge is 0.340 e. The number of anilines is 1. The molecule has 166 valence electrons. The molecule has 1 saturated heterocycles. The van der Waals surface area contributed by atoms with E-state index in [0.29, 0.717) is 24.1 Å². The highest BCUT2D eigenvalue weighted by Gasteiger charge is 2.43. The number of ether oxygens (including phenoxy) is 2. The van der Waals surface area contributed by atoms with Gasteiger partial charge in [-0.25, -0.2) is 9.59 Å². The summed E-state index contributed by atoms with van der Waals surface area (Å²) in [7, 11) is 1.40. The van der Waals surface area contributed by atoms with Gasteiger partial charge in [-0.05, 0) is 56.0 Å². The molecule has 1 aliphatic rings. The van der Waals surface area contributed by atoms with Crippen LogP contribution in [0.5, 0.6) is 0 Å². The van der Waals surface area contributed by atoms with Gasteiger partial charge in [0.1, 0.15) is 5.54 Å². The van der Waals surface area contributed by atoms with E-state index in [4.69, 9.17) is 21.1 Å². The van der Waals surface area contributed by atoms with Crippen molar-refractivity contribution in [2.75, 3.05) is 38.7 Å². The van der Waals surface area contributed by atoms with Gasteiger partial charge < -0.3 is 19.7 Å². The van der Waals surface area contributed by atoms with Crippen LogP contribution in [0, 0.1) is 0 Å². The first kappa shape index (κ1) is 23.1. The zero-order valence-corrected chi connectivity index (χ0v) is 18.8. The molecule has 1 fully saturated rings. The Morgan fingerprint density at radius 2 is 1.77 bits per heavy atom. The minimum Gasteiger partial charge on any atom is -0.467 e. The standard InChI is InChI=1S/C24H29ClN2O4/c1-3-31-22(28)20-6-4-5-7-21(20)26-24(23(29)30-2)13-16-27(17-14-24)15-12-18-8-10-19(25)11-9-18/h4-11,26H,3,12-17H2,1-2H3. The van der Waals surface area contributed by atoms with Crippen LogP contribution in [-0.4, -0.2) is 55.7 Å². The van der Waals surface area contributed by atoms with E-state index in [2.05, 4.69) is 10.2 Å². The molecule has 1 N–H and O–H groups in total. The summed E-state index contributed by atoms with van der Waals surface area (Å²) >= 11 is 5.96. The first-order valence-electron chi connectivity index (χ1n) is 10.6. The number of carbonyl (C=O) groups excluding carboxylic acids is 2. The SMILES string of the molecule is CCOC(=O)c1ccccc1NC1(C(=O)OC)CCN(CCc2ccc(Cl)cc2)CC1. The third-order valence-electron chi connectivity index (χ3n) is 5.71. The van der Waals surface area contributed by atoms with Crippen LogP contribution in [-0.2, 0) is 20.7 Å². The molecule has 0 unspecified atom stereocenters. The quantitative estimate of drug-likeness (QED) is 0.616. The molecular weight excluding hydrogens is 416 g/mol. The predicted octanol–water partition coefficient (Wildman–Crippen LogP) is 4.18. The number of rotatable bonds is 8. The average molecular weight is 445 g/mol. The number of hydrogen-bond acceptors (Lipinski definition) is 6. The summed E-state index contributed by atoms with van der Waals surface area (Å²) in [5.74, 6) is -0.727. The molecule has 0 amide bonds. The third kappa shape index (κ3) is 5.77. The monoisotopic (exact) mass is 444 g/mol. The molecule has 6 nitrogen and oxygen atoms in total. The number of esters is 2. The second-order valence-corrected chi connectivity index (χ2v) is 8.12. The number of benzene rings is 2. The molecule has 0 atom stereocenters. The van der Waals surface area contributed by atoms with Crippen LogP contribution in [0.2, 0.25) is 5.02 Å². The van der Waals surface area contributed by atoms with Gasteiger partial charge in [-0.3, -0.25) is 0 Å². The lowest BCUT2D eigenvalue weighted by atomic mass is 9.86. The summed E-state index contributed by atoms with van der Waals surface area (Å²) in [6.07, 6.45) is 2.08. The van der Waals surface area contributed by atoms with Gasteiger partial charge in [0.05, 0.1) is 19.3 Å². The van der Waals surface area contributed by atoms with Crippen molar-refractivity contribution in [1.29, 1.82) is 0 Å². The van der Waals surface area contributed by atoms with Gasteiger partial charge in [0.15, 0.2) is 0 Å². The van der Waals surface area contributed by atoms with Crippen molar-refractivity contribution in [1.82, 2.24) is 4.90 Å². The Labute approximate surface area is 188 Å². The fourth-order valence-electron chi connectivity index (χ4n) is 3.91. The summed E-state index contributed by atoms with van der Waals surface area (Å²) < 4.78 is 10.3. The van der Waals surface area contributed by atoms with Crippen LogP contribution in [0.15, 0.2) is 48.5 Å². The van der Waals surface area contributed by atoms with Crippen molar-refractivity contribution in [3.63, 3.8) is 0 Å². The molecule has 0 saturated carbocycles. The van der Waals surface area contributed by atoms with E-state index in [1.807, 2.05) is 30.3 Å². The van der Waals surface area contributed by atoms with Crippen LogP contribution < -0.4 is 5.32 Å². The largest absolute Gasteiger partial charge is 0.467 e. The Balaban J connectivity index is 1.69. The van der Waals surface area contributed by atoms with Crippen LogP contribution in [0.4, 0.5) is 5.69 Å². The number of piperidine rings is 1. The highest BCUT2D eigenvalue weighted by atomic mass is 35.5. The molecule has 0 spiro atoms. The second-order valence-electron chi connectivity index (χ2n) is 7.68. The molecular formula is C24H29ClN2O4. The Kier molecular flexibility index (Phi) is 7.93. The molecule has 2 aromatic rings. The minimum atomic E-state index is -0.881. The zero-order valence-electron chi connectivity index (χ0n) is 18.0. The van der Waals surface area contributed by atoms with E-state index in [-0.39, 0.29) is 12.6 Å². The topological polar surface area (TPSA) is 67.9 Å². The number of likely N-dealkylation sites (tertiary alicyclic amines) is 1. The number of nitrogens with zero attached hydrogens (tertiary/aromatic N) is 1. The molecule has 1 heterocycles. The number of para-hydroxylation sites is 1. The summed E-state index contributed by atoms with van der Waals surface area (Å²) in [5, 5.41) is 4.07. The molecule has 3 rings (SSSR count). The van der Waals surface area contributed by atoms with Crippen molar-refractivity contribution >= 4 is 29.2 Å². The lowest BCUT2D eigenvalue weighted by Gasteiger charge is -2.41. The van der Waals surface area contributed by atoms with Crippen LogP contribution in [0.3, 0.4) is 0 Å². The van der Waals surface area contributed by atoms with Crippen molar-refractivity contribution in [2.45, 2.75) is 31.7 Å². The van der Waals surface area contributed by atoms with E-state index < -0.39 is 11.5 Å². The third-order valence-corrected chi connectivity index (χ3v) is 5.96. The summed E-state index contributed by atoms with van der Waals surface area (Å²) in [6, 6.07) is 15.0. The molecule has 0 aliphatic carbocycles. The summed E-state index contributed by atoms with van der Waals surface area (Å²) in [6.45, 7) is 4.45. The molecule has 31 heavy (non-hydrogen) atoms. The number of hydrogen-bond donors (Lipinski definition) is 1. The van der Waals surface area contributed by atoms with Crippen molar-refractivity contribution in [3.05, 3.63) is 64.7 Å². The van der Waals surface area contributed by atoms with Gasteiger partial charge in [0.25, 0.3) is 0 Å². The fraction of sp³-hybridized carbons (Fsp3) is 0.417. The highest BCUT2D eigenvalue weighted by Crippen LogP contribution is 2.30. The lowest BCUT2D eigenvalue weighted by Crippen LogP contribution is -2.55. The molecule has 0 radical (unpaired) electrons. The molecule has 0 aromatic heterocycles. The number of nitrogens with one attached hydrogen (secondary N) is 1. The summed E-state index contributed by atoms with van der Waals surface area (Å²) in [5.41, 5.74) is 1.35. The number of carbonyl (C=O) groups is 2. The van der Waals surface area contributed by atoms with Gasteiger partial charge >= 0.3 is 11.9 Å². The van der Waals surface area contributed by atoms with Crippen LogP contribution in [0.25, 0.3) is 0 Å². The number of methoxy groups -OCH3 is 1. The average Bonchev–Trinajstić information content (AvgIpc) is 2.79. The fourth-order valence-corrected chi connectivity index (χ4v) is 4.03. The van der Waals surface area contributed by atoms with Gasteiger partial charge in [0, 0.05) is 30.3 Å². The highest BCUT2D eigenvalue weighted by molar-refractivity contribution is 6.30. The lowest BCUT2D eigenvalue weighted by molar-refractivity contribution is -0.147. The van der Waals surface area contributed by atoms with Crippen LogP contribution in [0.1, 0.15) is 35.7 Å². The van der Waals surface area contributed by atoms with Crippen molar-refractivity contribution < 1.29 is 19.1 Å². The Bertz CT molecular complexity index is 893. The van der Waals surface area contributed by atoms with E-state index >= 15 is 0 Å². The molecule has 7 heteroatoms. The molecule has 2 aromatic carbocycles. The van der Waals surface area contributed by atoms with Gasteiger partial charge in [-0.1, -0.05) is 35.9 Å². The molecule has 0 bridgehead atoms. The van der Waals surface area contributed by atoms with Crippen molar-refractivity contribution in [3.8, 4) is 0 Å². The van der Waals surface area contributed by atoms with Gasteiger partial charge in [0.2, 0.25) is 0 Å². The van der Waals surface area contributed by atoms with E-state index in [9.17, 15) is 9.59 Å². The maximum atomic E-state index is 12.8. The summed E-state index contributed by atoms with van der Waals surface area (Å²) in [4.78, 5) is 27.5. The number of halogens is 1. The van der Waals surface area contributed by atoms with Crippen molar-refractivity contribution in [2.24, 2.45) is 0 Å². The predicted molar refractivity (Wildman–Crippen MR) is 122 cm³/mol. The zero-order chi connectivity index (χ0) is 22.3. The minimum absolute atomic E-state index is 0.290. The first-order chi connectivity index (χ1) is 15.0. The van der Waals surface area contributed by atoms with Gasteiger partial charge in [-0.2, -0.15) is 0 Å². The second kappa shape index (κ2) is 10.6. The maximum Gasteiger partial charge on any atom is 0.340 e. The Hall–Kier alpha value is -2.57. The van der Waals surface area contributed by atoms with Crippen LogP contribution >= 0.6 is 11.6 Å². The maximum absolute atomic E-state index is 12.8. The first-order valence-corrected chi connectivity index (χ1v) is 10.9. The Morgan fingerprint density at radius 1 is 1.10 bits per heavy atom. The van der Waals surface area contributed by atoms with E-state index in [0.717, 1.165) is 31.1 Å². The Morgan fingerprint density at radius 3 is 2.42 bits per heavy atom. The van der Waals surface area contributed by atoms with Gasteiger partial charge in [-0.15, -0.1) is 0 Å². The molecule has 1 aliphatic heterocycles. The van der Waals surface area contributed by atoms with E-state index in [1.165, 1.54) is 12.7 Å². The normalized spacial score (nSPS) is 15.8. The van der Waals surface area contributed by atoms with E-state index in [1.54, 1.807) is 25.1 Å².